The molecule has 0 bridgehead atoms. The predicted octanol–water partition coefficient (Wildman–Crippen LogP) is 3.20. The van der Waals surface area contributed by atoms with Crippen molar-refractivity contribution in [2.24, 2.45) is 0 Å². The van der Waals surface area contributed by atoms with Crippen molar-refractivity contribution < 1.29 is 0 Å². The predicted molar refractivity (Wildman–Crippen MR) is 78.0 cm³/mol. The van der Waals surface area contributed by atoms with Crippen LogP contribution in [-0.2, 0) is 12.8 Å². The molecule has 0 saturated carbocycles. The summed E-state index contributed by atoms with van der Waals surface area (Å²) in [6.45, 7) is 3.92. The van der Waals surface area contributed by atoms with Crippen LogP contribution < -0.4 is 5.32 Å². The number of nitrogens with one attached hydrogen (secondary N) is 1. The van der Waals surface area contributed by atoms with Gasteiger partial charge in [0.25, 0.3) is 0 Å². The molecule has 0 saturated heterocycles. The van der Waals surface area contributed by atoms with Crippen LogP contribution in [0, 0.1) is 25.2 Å². The molecular formula is C16H16N4. The van der Waals surface area contributed by atoms with Crippen LogP contribution in [-0.4, -0.2) is 9.97 Å². The van der Waals surface area contributed by atoms with Gasteiger partial charge >= 0.3 is 0 Å². The monoisotopic (exact) mass is 264 g/mol. The summed E-state index contributed by atoms with van der Waals surface area (Å²) in [6.07, 6.45) is 3.16. The van der Waals surface area contributed by atoms with E-state index < -0.39 is 0 Å². The molecule has 0 amide bonds. The molecule has 1 aliphatic rings. The number of hydrogen-bond donors (Lipinski definition) is 1. The lowest BCUT2D eigenvalue weighted by Crippen LogP contribution is -2.03. The Morgan fingerprint density at radius 3 is 2.80 bits per heavy atom. The van der Waals surface area contributed by atoms with Crippen LogP contribution in [0.25, 0.3) is 0 Å². The average molecular weight is 264 g/mol. The molecule has 4 heteroatoms. The Bertz CT molecular complexity index is 713. The van der Waals surface area contributed by atoms with E-state index in [0.717, 1.165) is 42.0 Å². The zero-order valence-corrected chi connectivity index (χ0v) is 11.7. The molecule has 1 aliphatic carbocycles. The third-order valence-corrected chi connectivity index (χ3v) is 3.65. The van der Waals surface area contributed by atoms with Crippen LogP contribution in [0.4, 0.5) is 11.5 Å². The highest BCUT2D eigenvalue weighted by Crippen LogP contribution is 2.27. The first kappa shape index (κ1) is 12.6. The van der Waals surface area contributed by atoms with Crippen LogP contribution in [0.15, 0.2) is 18.2 Å². The highest BCUT2D eigenvalue weighted by Gasteiger charge is 2.16. The van der Waals surface area contributed by atoms with Crippen LogP contribution >= 0.6 is 0 Å². The van der Waals surface area contributed by atoms with Gasteiger partial charge in [0.2, 0.25) is 0 Å². The summed E-state index contributed by atoms with van der Waals surface area (Å²) in [5.41, 5.74) is 5.73. The molecular weight excluding hydrogens is 248 g/mol. The van der Waals surface area contributed by atoms with E-state index in [1.54, 1.807) is 0 Å². The van der Waals surface area contributed by atoms with E-state index in [-0.39, 0.29) is 0 Å². The average Bonchev–Trinajstić information content (AvgIpc) is 2.88. The van der Waals surface area contributed by atoms with Crippen molar-refractivity contribution in [1.29, 1.82) is 5.26 Å². The normalized spacial score (nSPS) is 12.8. The van der Waals surface area contributed by atoms with Gasteiger partial charge in [0.05, 0.1) is 16.9 Å². The number of pyridine rings is 2. The summed E-state index contributed by atoms with van der Waals surface area (Å²) >= 11 is 0. The van der Waals surface area contributed by atoms with Crippen molar-refractivity contribution in [2.75, 3.05) is 5.32 Å². The lowest BCUT2D eigenvalue weighted by molar-refractivity contribution is 0.900. The number of rotatable bonds is 2. The molecule has 0 fully saturated rings. The van der Waals surface area contributed by atoms with Gasteiger partial charge in [-0.15, -0.1) is 0 Å². The van der Waals surface area contributed by atoms with Crippen molar-refractivity contribution in [3.05, 3.63) is 46.4 Å². The van der Waals surface area contributed by atoms with Gasteiger partial charge in [0, 0.05) is 11.4 Å². The molecule has 20 heavy (non-hydrogen) atoms. The van der Waals surface area contributed by atoms with Gasteiger partial charge in [0.1, 0.15) is 11.9 Å². The lowest BCUT2D eigenvalue weighted by Gasteiger charge is -2.11. The molecule has 0 radical (unpaired) electrons. The topological polar surface area (TPSA) is 61.6 Å². The van der Waals surface area contributed by atoms with Gasteiger partial charge in [0.15, 0.2) is 0 Å². The first-order valence-electron chi connectivity index (χ1n) is 6.81. The molecule has 100 valence electrons. The van der Waals surface area contributed by atoms with Crippen molar-refractivity contribution in [3.63, 3.8) is 0 Å². The van der Waals surface area contributed by atoms with Crippen molar-refractivity contribution in [1.82, 2.24) is 9.97 Å². The molecule has 0 aliphatic heterocycles. The maximum Gasteiger partial charge on any atom is 0.148 e. The third kappa shape index (κ3) is 2.23. The van der Waals surface area contributed by atoms with E-state index >= 15 is 0 Å². The molecule has 4 nitrogen and oxygen atoms in total. The van der Waals surface area contributed by atoms with Gasteiger partial charge in [-0.25, -0.2) is 4.98 Å². The van der Waals surface area contributed by atoms with E-state index in [1.807, 2.05) is 32.0 Å². The summed E-state index contributed by atoms with van der Waals surface area (Å²) in [5.74, 6) is 0.641. The fraction of sp³-hybridized carbons (Fsp3) is 0.312. The lowest BCUT2D eigenvalue weighted by atomic mass is 10.1. The Kier molecular flexibility index (Phi) is 3.11. The Morgan fingerprint density at radius 2 is 2.05 bits per heavy atom. The summed E-state index contributed by atoms with van der Waals surface area (Å²) in [6, 6.07) is 8.13. The second kappa shape index (κ2) is 4.93. The van der Waals surface area contributed by atoms with Crippen LogP contribution in [0.2, 0.25) is 0 Å². The number of hydrogen-bond acceptors (Lipinski definition) is 4. The van der Waals surface area contributed by atoms with Gasteiger partial charge < -0.3 is 5.32 Å². The Balaban J connectivity index is 2.00. The molecule has 2 aromatic heterocycles. The molecule has 2 aromatic rings. The smallest absolute Gasteiger partial charge is 0.148 e. The second-order valence-corrected chi connectivity index (χ2v) is 5.17. The zero-order valence-electron chi connectivity index (χ0n) is 11.7. The van der Waals surface area contributed by atoms with Crippen LogP contribution in [0.5, 0.6) is 0 Å². The van der Waals surface area contributed by atoms with E-state index in [2.05, 4.69) is 21.4 Å². The van der Waals surface area contributed by atoms with Gasteiger partial charge in [-0.2, -0.15) is 5.26 Å². The number of aryl methyl sites for hydroxylation is 4. The fourth-order valence-electron chi connectivity index (χ4n) is 2.60. The largest absolute Gasteiger partial charge is 0.338 e. The molecule has 0 aromatic carbocycles. The molecule has 2 heterocycles. The molecule has 0 atom stereocenters. The Labute approximate surface area is 118 Å². The molecule has 0 spiro atoms. The first-order valence-corrected chi connectivity index (χ1v) is 6.81. The SMILES string of the molecule is Cc1ccc(Nc2nc3c(cc2C#N)CCC3)c(C)n1. The standard InChI is InChI=1S/C16H16N4/c1-10-6-7-14(11(2)18-10)19-16-13(9-17)8-12-4-3-5-15(12)20-16/h6-8H,3-5H2,1-2H3,(H,19,20). The second-order valence-electron chi connectivity index (χ2n) is 5.17. The Morgan fingerprint density at radius 1 is 1.20 bits per heavy atom. The summed E-state index contributed by atoms with van der Waals surface area (Å²) in [4.78, 5) is 9.05. The van der Waals surface area contributed by atoms with Crippen LogP contribution in [0.1, 0.15) is 34.6 Å². The van der Waals surface area contributed by atoms with Crippen molar-refractivity contribution in [3.8, 4) is 6.07 Å². The Hall–Kier alpha value is -2.41. The van der Waals surface area contributed by atoms with Gasteiger partial charge in [-0.05, 0) is 56.9 Å². The zero-order chi connectivity index (χ0) is 14.1. The summed E-state index contributed by atoms with van der Waals surface area (Å²) in [5, 5.41) is 12.5. The molecule has 1 N–H and O–H groups in total. The number of nitrogens with zero attached hydrogens (tertiary/aromatic N) is 3. The first-order chi connectivity index (χ1) is 9.67. The third-order valence-electron chi connectivity index (χ3n) is 3.65. The highest BCUT2D eigenvalue weighted by atomic mass is 15.0. The minimum absolute atomic E-state index is 0.602. The van der Waals surface area contributed by atoms with Crippen molar-refractivity contribution in [2.45, 2.75) is 33.1 Å². The number of fused-ring (bicyclic) bond motifs is 1. The summed E-state index contributed by atoms with van der Waals surface area (Å²) in [7, 11) is 0. The molecule has 0 unspecified atom stereocenters. The maximum absolute atomic E-state index is 9.30. The van der Waals surface area contributed by atoms with E-state index in [9.17, 15) is 5.26 Å². The quantitative estimate of drug-likeness (QED) is 0.904. The summed E-state index contributed by atoms with van der Waals surface area (Å²) < 4.78 is 0. The van der Waals surface area contributed by atoms with Gasteiger partial charge in [-0.3, -0.25) is 4.98 Å². The van der Waals surface area contributed by atoms with Crippen molar-refractivity contribution >= 4 is 11.5 Å². The number of anilines is 2. The number of aromatic nitrogens is 2. The number of nitriles is 1. The fourth-order valence-corrected chi connectivity index (χ4v) is 2.60. The van der Waals surface area contributed by atoms with E-state index in [1.165, 1.54) is 5.56 Å². The highest BCUT2D eigenvalue weighted by molar-refractivity contribution is 5.65. The van der Waals surface area contributed by atoms with Crippen LogP contribution in [0.3, 0.4) is 0 Å². The minimum atomic E-state index is 0.602. The van der Waals surface area contributed by atoms with E-state index in [4.69, 9.17) is 0 Å². The van der Waals surface area contributed by atoms with E-state index in [0.29, 0.717) is 11.4 Å². The minimum Gasteiger partial charge on any atom is -0.338 e. The maximum atomic E-state index is 9.30. The molecule has 3 rings (SSSR count). The van der Waals surface area contributed by atoms with Gasteiger partial charge in [-0.1, -0.05) is 0 Å².